The van der Waals surface area contributed by atoms with Gasteiger partial charge in [-0.15, -0.1) is 0 Å². The van der Waals surface area contributed by atoms with Crippen LogP contribution in [0.25, 0.3) is 0 Å². The van der Waals surface area contributed by atoms with Crippen LogP contribution in [0.4, 0.5) is 18.0 Å². The molecule has 0 aliphatic heterocycles. The molecule has 1 atom stereocenters. The highest BCUT2D eigenvalue weighted by atomic mass is 35.5. The van der Waals surface area contributed by atoms with Crippen molar-refractivity contribution in [1.82, 2.24) is 9.80 Å². The lowest BCUT2D eigenvalue weighted by atomic mass is 9.82. The first-order valence-electron chi connectivity index (χ1n) is 10.5. The molecule has 0 aliphatic carbocycles. The average molecular weight is 590 g/mol. The van der Waals surface area contributed by atoms with E-state index in [4.69, 9.17) is 46.4 Å². The Balaban J connectivity index is 2.72. The van der Waals surface area contributed by atoms with Crippen molar-refractivity contribution in [3.8, 4) is 0 Å². The number of halogens is 7. The third-order valence-electron chi connectivity index (χ3n) is 5.59. The number of carbonyl (C=O) groups excluding carboxylic acids is 1. The molecular weight excluding hydrogens is 567 g/mol. The van der Waals surface area contributed by atoms with E-state index in [1.54, 1.807) is 12.1 Å². The van der Waals surface area contributed by atoms with Gasteiger partial charge in [0.2, 0.25) is 5.91 Å². The van der Waals surface area contributed by atoms with Crippen molar-refractivity contribution in [3.05, 3.63) is 67.6 Å². The summed E-state index contributed by atoms with van der Waals surface area (Å²) in [7, 11) is 1.14. The molecule has 0 saturated heterocycles. The van der Waals surface area contributed by atoms with Crippen LogP contribution in [0, 0.1) is 0 Å². The van der Waals surface area contributed by atoms with Gasteiger partial charge in [0.25, 0.3) is 0 Å². The third kappa shape index (κ3) is 7.55. The van der Waals surface area contributed by atoms with Crippen LogP contribution in [0.5, 0.6) is 0 Å². The lowest BCUT2D eigenvalue weighted by molar-refractivity contribution is -0.161. The number of amides is 2. The normalized spacial score (nSPS) is 13.2. The van der Waals surface area contributed by atoms with E-state index in [0.717, 1.165) is 16.8 Å². The van der Waals surface area contributed by atoms with Gasteiger partial charge in [0.15, 0.2) is 0 Å². The van der Waals surface area contributed by atoms with Crippen LogP contribution in [-0.2, 0) is 16.9 Å². The molecule has 2 aromatic rings. The third-order valence-corrected chi connectivity index (χ3v) is 7.19. The van der Waals surface area contributed by atoms with E-state index in [2.05, 4.69) is 0 Å². The van der Waals surface area contributed by atoms with E-state index in [9.17, 15) is 33.0 Å². The molecule has 0 aliphatic rings. The zero-order valence-corrected chi connectivity index (χ0v) is 22.0. The van der Waals surface area contributed by atoms with Crippen LogP contribution in [0.15, 0.2) is 36.4 Å². The fraction of sp³-hybridized carbons (Fsp3) is 0.391. The summed E-state index contributed by atoms with van der Waals surface area (Å²) >= 11 is 24.7. The summed E-state index contributed by atoms with van der Waals surface area (Å²) in [5.74, 6) is -1.26. The lowest BCUT2D eigenvalue weighted by Gasteiger charge is -2.45. The minimum Gasteiger partial charge on any atom is -0.465 e. The van der Waals surface area contributed by atoms with E-state index >= 15 is 0 Å². The Morgan fingerprint density at radius 3 is 2.22 bits per heavy atom. The van der Waals surface area contributed by atoms with Crippen molar-refractivity contribution in [2.75, 3.05) is 20.2 Å². The molecule has 2 aromatic carbocycles. The standard InChI is InChI=1S/C23H23Cl4F3N2O4/c1-31(19(34)11-23(28,29)30)13-22(8-3-9-33,15-6-7-16(24)18(26)10-15)32(21(35)36)12-14-4-2-5-17(25)20(14)27/h2,4-7,10,33H,3,8-9,11-13H2,1H3,(H,35,36)/t22-/m1/s1. The number of carbonyl (C=O) groups is 2. The van der Waals surface area contributed by atoms with Crippen molar-refractivity contribution in [2.45, 2.75) is 37.5 Å². The molecule has 0 fully saturated rings. The van der Waals surface area contributed by atoms with Crippen molar-refractivity contribution >= 4 is 58.4 Å². The van der Waals surface area contributed by atoms with Crippen LogP contribution >= 0.6 is 46.4 Å². The summed E-state index contributed by atoms with van der Waals surface area (Å²) in [5, 5.41) is 20.4. The smallest absolute Gasteiger partial charge is 0.408 e. The number of aliphatic hydroxyl groups excluding tert-OH is 1. The molecule has 0 saturated carbocycles. The van der Waals surface area contributed by atoms with Gasteiger partial charge < -0.3 is 15.1 Å². The van der Waals surface area contributed by atoms with Gasteiger partial charge in [0, 0.05) is 20.2 Å². The van der Waals surface area contributed by atoms with Crippen LogP contribution in [0.1, 0.15) is 30.4 Å². The molecule has 0 radical (unpaired) electrons. The molecule has 0 bridgehead atoms. The molecule has 6 nitrogen and oxygen atoms in total. The Labute approximate surface area is 226 Å². The molecule has 2 rings (SSSR count). The van der Waals surface area contributed by atoms with Crippen molar-refractivity contribution < 1.29 is 33.0 Å². The van der Waals surface area contributed by atoms with Crippen LogP contribution in [0.2, 0.25) is 20.1 Å². The fourth-order valence-corrected chi connectivity index (χ4v) is 4.56. The van der Waals surface area contributed by atoms with E-state index in [1.807, 2.05) is 0 Å². The van der Waals surface area contributed by atoms with Gasteiger partial charge in [-0.05, 0) is 42.2 Å². The van der Waals surface area contributed by atoms with Gasteiger partial charge in [-0.2, -0.15) is 13.2 Å². The van der Waals surface area contributed by atoms with Crippen molar-refractivity contribution in [2.24, 2.45) is 0 Å². The minimum absolute atomic E-state index is 0.0502. The molecule has 2 amide bonds. The van der Waals surface area contributed by atoms with Crippen molar-refractivity contribution in [1.29, 1.82) is 0 Å². The van der Waals surface area contributed by atoms with Gasteiger partial charge in [-0.25, -0.2) is 4.79 Å². The highest BCUT2D eigenvalue weighted by Crippen LogP contribution is 2.40. The SMILES string of the molecule is CN(C[C@](CCCO)(c1ccc(Cl)c(Cl)c1)N(Cc1cccc(Cl)c1Cl)C(=O)O)C(=O)CC(F)(F)F. The van der Waals surface area contributed by atoms with E-state index in [1.165, 1.54) is 24.3 Å². The predicted octanol–water partition coefficient (Wildman–Crippen LogP) is 6.86. The maximum absolute atomic E-state index is 12.9. The van der Waals surface area contributed by atoms with Gasteiger partial charge in [-0.3, -0.25) is 9.69 Å². The Bertz CT molecular complexity index is 1100. The molecule has 0 aromatic heterocycles. The van der Waals surface area contributed by atoms with Crippen LogP contribution in [-0.4, -0.2) is 58.4 Å². The predicted molar refractivity (Wildman–Crippen MR) is 133 cm³/mol. The highest BCUT2D eigenvalue weighted by Gasteiger charge is 2.44. The second-order valence-corrected chi connectivity index (χ2v) is 9.71. The largest absolute Gasteiger partial charge is 0.465 e. The second kappa shape index (κ2) is 12.6. The van der Waals surface area contributed by atoms with Gasteiger partial charge in [0.05, 0.1) is 32.2 Å². The molecule has 198 valence electrons. The van der Waals surface area contributed by atoms with Crippen LogP contribution in [0.3, 0.4) is 0 Å². The molecule has 0 spiro atoms. The maximum Gasteiger partial charge on any atom is 0.408 e. The summed E-state index contributed by atoms with van der Waals surface area (Å²) in [6.07, 6.45) is -7.96. The first-order chi connectivity index (χ1) is 16.7. The van der Waals surface area contributed by atoms with E-state index in [0.29, 0.717) is 5.56 Å². The number of rotatable bonds is 10. The number of nitrogens with zero attached hydrogens (tertiary/aromatic N) is 2. The molecule has 0 unspecified atom stereocenters. The van der Waals surface area contributed by atoms with Gasteiger partial charge in [-0.1, -0.05) is 64.6 Å². The number of alkyl halides is 3. The first-order valence-corrected chi connectivity index (χ1v) is 12.0. The molecular formula is C23H23Cl4F3N2O4. The molecule has 13 heteroatoms. The number of benzene rings is 2. The highest BCUT2D eigenvalue weighted by molar-refractivity contribution is 6.42. The Morgan fingerprint density at radius 1 is 1.00 bits per heavy atom. The summed E-state index contributed by atoms with van der Waals surface area (Å²) < 4.78 is 38.8. The van der Waals surface area contributed by atoms with E-state index in [-0.39, 0.29) is 51.6 Å². The molecule has 36 heavy (non-hydrogen) atoms. The second-order valence-electron chi connectivity index (χ2n) is 8.11. The summed E-state index contributed by atoms with van der Waals surface area (Å²) in [6, 6.07) is 8.91. The Hall–Kier alpha value is -1.91. The average Bonchev–Trinajstić information content (AvgIpc) is 2.78. The zero-order chi connectivity index (χ0) is 27.3. The number of hydrogen-bond acceptors (Lipinski definition) is 3. The molecule has 0 heterocycles. The van der Waals surface area contributed by atoms with Gasteiger partial charge >= 0.3 is 12.3 Å². The summed E-state index contributed by atoms with van der Waals surface area (Å²) in [6.45, 7) is -1.17. The van der Waals surface area contributed by atoms with Gasteiger partial charge in [0.1, 0.15) is 6.42 Å². The summed E-state index contributed by atoms with van der Waals surface area (Å²) in [4.78, 5) is 26.8. The number of hydrogen-bond donors (Lipinski definition) is 2. The topological polar surface area (TPSA) is 81.1 Å². The summed E-state index contributed by atoms with van der Waals surface area (Å²) in [5.41, 5.74) is -1.06. The fourth-order valence-electron chi connectivity index (χ4n) is 3.88. The Kier molecular flexibility index (Phi) is 10.6. The maximum atomic E-state index is 12.9. The van der Waals surface area contributed by atoms with E-state index < -0.39 is 36.7 Å². The zero-order valence-electron chi connectivity index (χ0n) is 19.0. The quantitative estimate of drug-likeness (QED) is 0.317. The minimum atomic E-state index is -4.76. The number of likely N-dealkylation sites (N-methyl/N-ethyl adjacent to an activating group) is 1. The molecule has 2 N–H and O–H groups in total. The lowest BCUT2D eigenvalue weighted by Crippen LogP contribution is -2.55. The van der Waals surface area contributed by atoms with Crippen molar-refractivity contribution in [3.63, 3.8) is 0 Å². The van der Waals surface area contributed by atoms with Crippen LogP contribution < -0.4 is 0 Å². The number of carboxylic acid groups (broad SMARTS) is 1. The Morgan fingerprint density at radius 2 is 1.67 bits per heavy atom. The first kappa shape index (κ1) is 30.3. The number of aliphatic hydroxyl groups is 1. The monoisotopic (exact) mass is 588 g/mol.